The van der Waals surface area contributed by atoms with Crippen molar-refractivity contribution in [2.75, 3.05) is 5.32 Å². The van der Waals surface area contributed by atoms with E-state index in [9.17, 15) is 0 Å². The summed E-state index contributed by atoms with van der Waals surface area (Å²) in [6.07, 6.45) is 0. The first-order valence-electron chi connectivity index (χ1n) is 5.70. The van der Waals surface area contributed by atoms with E-state index in [0.717, 1.165) is 16.1 Å². The highest BCUT2D eigenvalue weighted by Gasteiger charge is 2.01. The maximum absolute atomic E-state index is 4.38. The van der Waals surface area contributed by atoms with E-state index in [2.05, 4.69) is 50.5 Å². The highest BCUT2D eigenvalue weighted by atomic mass is 79.9. The van der Waals surface area contributed by atoms with E-state index in [1.807, 2.05) is 36.4 Å². The zero-order valence-corrected chi connectivity index (χ0v) is 11.2. The van der Waals surface area contributed by atoms with Crippen LogP contribution in [-0.2, 0) is 0 Å². The number of aromatic nitrogens is 1. The number of benzene rings is 2. The van der Waals surface area contributed by atoms with Gasteiger partial charge in [0.05, 0.1) is 0 Å². The topological polar surface area (TPSA) is 24.9 Å². The van der Waals surface area contributed by atoms with Gasteiger partial charge in [0.2, 0.25) is 0 Å². The Morgan fingerprint density at radius 1 is 0.833 bits per heavy atom. The molecule has 0 saturated carbocycles. The molecule has 0 radical (unpaired) electrons. The summed E-state index contributed by atoms with van der Waals surface area (Å²) in [5.41, 5.74) is 1.07. The average Bonchev–Trinajstić information content (AvgIpc) is 2.39. The summed E-state index contributed by atoms with van der Waals surface area (Å²) < 4.78 is 0.827. The Labute approximate surface area is 114 Å². The molecule has 0 spiro atoms. The normalized spacial score (nSPS) is 10.5. The number of nitrogens with zero attached hydrogens (tertiary/aromatic N) is 1. The number of fused-ring (bicyclic) bond motifs is 1. The molecule has 3 heteroatoms. The minimum atomic E-state index is 0.827. The predicted molar refractivity (Wildman–Crippen MR) is 79.2 cm³/mol. The molecule has 0 bridgehead atoms. The van der Waals surface area contributed by atoms with E-state index in [1.54, 1.807) is 0 Å². The molecule has 0 unspecified atom stereocenters. The first-order valence-corrected chi connectivity index (χ1v) is 6.49. The fourth-order valence-corrected chi connectivity index (χ4v) is 2.29. The first-order chi connectivity index (χ1) is 8.83. The second-order valence-corrected chi connectivity index (χ2v) is 4.81. The van der Waals surface area contributed by atoms with Gasteiger partial charge in [-0.25, -0.2) is 4.98 Å². The molecule has 0 fully saturated rings. The van der Waals surface area contributed by atoms with Crippen molar-refractivity contribution in [3.8, 4) is 0 Å². The monoisotopic (exact) mass is 298 g/mol. The van der Waals surface area contributed by atoms with Gasteiger partial charge in [0.15, 0.2) is 0 Å². The number of hydrogen-bond acceptors (Lipinski definition) is 2. The number of hydrogen-bond donors (Lipinski definition) is 1. The number of rotatable bonds is 2. The summed E-state index contributed by atoms with van der Waals surface area (Å²) in [4.78, 5) is 4.38. The van der Waals surface area contributed by atoms with Gasteiger partial charge in [-0.05, 0) is 39.5 Å². The molecule has 0 atom stereocenters. The van der Waals surface area contributed by atoms with Crippen LogP contribution >= 0.6 is 15.9 Å². The standard InChI is InChI=1S/C15H11BrN2/c16-14-9-4-10-15(18-14)17-13-8-3-6-11-5-1-2-7-12(11)13/h1-10H,(H,17,18). The van der Waals surface area contributed by atoms with Crippen molar-refractivity contribution in [3.05, 3.63) is 65.3 Å². The Hall–Kier alpha value is -1.87. The Morgan fingerprint density at radius 3 is 2.50 bits per heavy atom. The van der Waals surface area contributed by atoms with Gasteiger partial charge in [-0.2, -0.15) is 0 Å². The fraction of sp³-hybridized carbons (Fsp3) is 0. The Morgan fingerprint density at radius 2 is 1.61 bits per heavy atom. The number of halogens is 1. The van der Waals surface area contributed by atoms with Crippen LogP contribution in [-0.4, -0.2) is 4.98 Å². The van der Waals surface area contributed by atoms with E-state index >= 15 is 0 Å². The fourth-order valence-electron chi connectivity index (χ4n) is 1.95. The van der Waals surface area contributed by atoms with Crippen molar-refractivity contribution >= 4 is 38.2 Å². The molecular weight excluding hydrogens is 288 g/mol. The van der Waals surface area contributed by atoms with Gasteiger partial charge in [0, 0.05) is 11.1 Å². The Balaban J connectivity index is 2.05. The van der Waals surface area contributed by atoms with Crippen LogP contribution in [0.1, 0.15) is 0 Å². The van der Waals surface area contributed by atoms with Gasteiger partial charge in [0.25, 0.3) is 0 Å². The maximum Gasteiger partial charge on any atom is 0.131 e. The van der Waals surface area contributed by atoms with Gasteiger partial charge in [-0.3, -0.25) is 0 Å². The highest BCUT2D eigenvalue weighted by molar-refractivity contribution is 9.10. The molecule has 0 aliphatic carbocycles. The summed E-state index contributed by atoms with van der Waals surface area (Å²) >= 11 is 3.37. The van der Waals surface area contributed by atoms with Gasteiger partial charge in [-0.15, -0.1) is 0 Å². The smallest absolute Gasteiger partial charge is 0.131 e. The van der Waals surface area contributed by atoms with Crippen molar-refractivity contribution in [3.63, 3.8) is 0 Å². The molecule has 3 rings (SSSR count). The lowest BCUT2D eigenvalue weighted by Gasteiger charge is -2.09. The van der Waals surface area contributed by atoms with E-state index in [-0.39, 0.29) is 0 Å². The average molecular weight is 299 g/mol. The molecule has 2 nitrogen and oxygen atoms in total. The molecule has 1 heterocycles. The molecule has 0 saturated heterocycles. The first kappa shape index (κ1) is 11.2. The van der Waals surface area contributed by atoms with Crippen LogP contribution in [0.2, 0.25) is 0 Å². The molecule has 18 heavy (non-hydrogen) atoms. The third-order valence-corrected chi connectivity index (χ3v) is 3.21. The molecule has 3 aromatic rings. The quantitative estimate of drug-likeness (QED) is 0.691. The minimum absolute atomic E-state index is 0.827. The Kier molecular flexibility index (Phi) is 2.99. The molecule has 1 aromatic heterocycles. The lowest BCUT2D eigenvalue weighted by molar-refractivity contribution is 1.27. The van der Waals surface area contributed by atoms with Crippen LogP contribution in [0.4, 0.5) is 11.5 Å². The highest BCUT2D eigenvalue weighted by Crippen LogP contribution is 2.25. The summed E-state index contributed by atoms with van der Waals surface area (Å²) in [5.74, 6) is 0.834. The lowest BCUT2D eigenvalue weighted by atomic mass is 10.1. The van der Waals surface area contributed by atoms with Crippen LogP contribution in [0.5, 0.6) is 0 Å². The molecule has 0 amide bonds. The van der Waals surface area contributed by atoms with Gasteiger partial charge in [0.1, 0.15) is 10.4 Å². The van der Waals surface area contributed by atoms with Crippen molar-refractivity contribution < 1.29 is 0 Å². The summed E-state index contributed by atoms with van der Waals surface area (Å²) in [5, 5.41) is 5.76. The SMILES string of the molecule is Brc1cccc(Nc2cccc3ccccc23)n1. The second kappa shape index (κ2) is 4.78. The second-order valence-electron chi connectivity index (χ2n) is 4.00. The van der Waals surface area contributed by atoms with Crippen molar-refractivity contribution in [2.24, 2.45) is 0 Å². The van der Waals surface area contributed by atoms with E-state index in [1.165, 1.54) is 10.8 Å². The van der Waals surface area contributed by atoms with Crippen molar-refractivity contribution in [1.29, 1.82) is 0 Å². The van der Waals surface area contributed by atoms with Gasteiger partial charge < -0.3 is 5.32 Å². The zero-order chi connectivity index (χ0) is 12.4. The maximum atomic E-state index is 4.38. The third-order valence-electron chi connectivity index (χ3n) is 2.77. The largest absolute Gasteiger partial charge is 0.340 e. The summed E-state index contributed by atoms with van der Waals surface area (Å²) in [6.45, 7) is 0. The minimum Gasteiger partial charge on any atom is -0.340 e. The van der Waals surface area contributed by atoms with Gasteiger partial charge in [-0.1, -0.05) is 42.5 Å². The van der Waals surface area contributed by atoms with E-state index < -0.39 is 0 Å². The van der Waals surface area contributed by atoms with Crippen LogP contribution in [0.3, 0.4) is 0 Å². The van der Waals surface area contributed by atoms with E-state index in [4.69, 9.17) is 0 Å². The summed E-state index contributed by atoms with van der Waals surface area (Å²) in [6, 6.07) is 20.3. The van der Waals surface area contributed by atoms with Crippen LogP contribution in [0, 0.1) is 0 Å². The van der Waals surface area contributed by atoms with Gasteiger partial charge >= 0.3 is 0 Å². The van der Waals surface area contributed by atoms with Crippen molar-refractivity contribution in [1.82, 2.24) is 4.98 Å². The summed E-state index contributed by atoms with van der Waals surface area (Å²) in [7, 11) is 0. The predicted octanol–water partition coefficient (Wildman–Crippen LogP) is 4.74. The zero-order valence-electron chi connectivity index (χ0n) is 9.60. The van der Waals surface area contributed by atoms with Crippen LogP contribution < -0.4 is 5.32 Å². The Bertz CT molecular complexity index is 689. The molecule has 0 aliphatic rings. The third kappa shape index (κ3) is 2.22. The molecule has 88 valence electrons. The van der Waals surface area contributed by atoms with E-state index in [0.29, 0.717) is 0 Å². The van der Waals surface area contributed by atoms with Crippen molar-refractivity contribution in [2.45, 2.75) is 0 Å². The number of nitrogens with one attached hydrogen (secondary N) is 1. The number of pyridine rings is 1. The lowest BCUT2D eigenvalue weighted by Crippen LogP contribution is -1.94. The number of anilines is 2. The van der Waals surface area contributed by atoms with Crippen LogP contribution in [0.15, 0.2) is 65.3 Å². The molecule has 2 aromatic carbocycles. The molecule has 0 aliphatic heterocycles. The molecule has 1 N–H and O–H groups in total. The van der Waals surface area contributed by atoms with Crippen LogP contribution in [0.25, 0.3) is 10.8 Å². The molecular formula is C15H11BrN2.